The molecular formula is C4H9BrOS. The fourth-order valence-electron chi connectivity index (χ4n) is 0. The van der Waals surface area contributed by atoms with E-state index in [1.54, 1.807) is 0 Å². The fraction of sp³-hybridized carbons (Fsp3) is 1.00. The van der Waals surface area contributed by atoms with Crippen molar-refractivity contribution < 1.29 is 4.21 Å². The van der Waals surface area contributed by atoms with Crippen molar-refractivity contribution in [2.24, 2.45) is 0 Å². The van der Waals surface area contributed by atoms with E-state index in [1.807, 2.05) is 20.8 Å². The fourth-order valence-corrected chi connectivity index (χ4v) is 0. The highest BCUT2D eigenvalue weighted by atomic mass is 79.9. The molecule has 1 atom stereocenters. The van der Waals surface area contributed by atoms with Crippen LogP contribution in [0, 0.1) is 0 Å². The first kappa shape index (κ1) is 7.63. The zero-order valence-corrected chi connectivity index (χ0v) is 7.10. The molecule has 0 amide bonds. The third kappa shape index (κ3) is 3.23. The zero-order chi connectivity index (χ0) is 6.08. The number of hydrogen-bond donors (Lipinski definition) is 0. The molecule has 1 unspecified atom stereocenters. The summed E-state index contributed by atoms with van der Waals surface area (Å²) in [5.41, 5.74) is 0. The maximum atomic E-state index is 10.5. The van der Waals surface area contributed by atoms with Gasteiger partial charge in [0.2, 0.25) is 0 Å². The first-order valence-electron chi connectivity index (χ1n) is 2.03. The average Bonchev–Trinajstić information content (AvgIpc) is 1.31. The van der Waals surface area contributed by atoms with E-state index in [9.17, 15) is 4.21 Å². The molecule has 0 radical (unpaired) electrons. The molecule has 0 aromatic heterocycles. The van der Waals surface area contributed by atoms with Crippen molar-refractivity contribution in [2.75, 3.05) is 0 Å². The normalized spacial score (nSPS) is 16.6. The number of hydrogen-bond acceptors (Lipinski definition) is 1. The lowest BCUT2D eigenvalue weighted by atomic mass is 10.3. The molecule has 0 bridgehead atoms. The Morgan fingerprint density at radius 2 is 1.57 bits per heavy atom. The number of halogens is 1. The lowest BCUT2D eigenvalue weighted by Gasteiger charge is -2.10. The molecule has 0 aliphatic carbocycles. The summed E-state index contributed by atoms with van der Waals surface area (Å²) in [4.78, 5) is 0. The van der Waals surface area contributed by atoms with E-state index in [-0.39, 0.29) is 4.75 Å². The summed E-state index contributed by atoms with van der Waals surface area (Å²) >= 11 is 2.97. The van der Waals surface area contributed by atoms with Crippen molar-refractivity contribution in [1.82, 2.24) is 0 Å². The molecule has 1 nitrogen and oxygen atoms in total. The summed E-state index contributed by atoms with van der Waals surface area (Å²) in [5, 5.41) is 0. The molecule has 0 saturated carbocycles. The minimum atomic E-state index is -0.870. The Hall–Kier alpha value is 0.630. The third-order valence-corrected chi connectivity index (χ3v) is 4.36. The van der Waals surface area contributed by atoms with E-state index in [1.165, 1.54) is 0 Å². The van der Waals surface area contributed by atoms with Crippen LogP contribution in [0.4, 0.5) is 0 Å². The van der Waals surface area contributed by atoms with Crippen LogP contribution in [0.5, 0.6) is 0 Å². The van der Waals surface area contributed by atoms with E-state index in [0.717, 1.165) is 0 Å². The second-order valence-electron chi connectivity index (χ2n) is 2.34. The molecule has 7 heavy (non-hydrogen) atoms. The Labute approximate surface area is 54.2 Å². The second-order valence-corrected chi connectivity index (χ2v) is 5.77. The summed E-state index contributed by atoms with van der Waals surface area (Å²) in [7, 11) is -0.870. The van der Waals surface area contributed by atoms with Crippen molar-refractivity contribution in [3.63, 3.8) is 0 Å². The van der Waals surface area contributed by atoms with Gasteiger partial charge in [0.25, 0.3) is 0 Å². The first-order chi connectivity index (χ1) is 2.94. The third-order valence-electron chi connectivity index (χ3n) is 0.481. The van der Waals surface area contributed by atoms with Gasteiger partial charge in [0.05, 0.1) is 9.23 Å². The Morgan fingerprint density at radius 1 is 1.43 bits per heavy atom. The molecule has 0 N–H and O–H groups in total. The predicted molar refractivity (Wildman–Crippen MR) is 36.8 cm³/mol. The Balaban J connectivity index is 3.79. The standard InChI is InChI=1S/C4H9BrOS/c1-4(2,3)7(5)6/h1-3H3. The molecule has 0 saturated heterocycles. The molecular weight excluding hydrogens is 176 g/mol. The van der Waals surface area contributed by atoms with Crippen molar-refractivity contribution >= 4 is 24.0 Å². The van der Waals surface area contributed by atoms with Gasteiger partial charge in [0.1, 0.15) is 0 Å². The smallest absolute Gasteiger partial charge is 0.0949 e. The minimum Gasteiger partial charge on any atom is -0.247 e. The topological polar surface area (TPSA) is 17.1 Å². The molecule has 0 aromatic rings. The van der Waals surface area contributed by atoms with Crippen molar-refractivity contribution in [2.45, 2.75) is 25.5 Å². The minimum absolute atomic E-state index is 0.111. The Kier molecular flexibility index (Phi) is 2.47. The van der Waals surface area contributed by atoms with Gasteiger partial charge >= 0.3 is 0 Å². The SMILES string of the molecule is CC(C)(C)S(=O)Br. The van der Waals surface area contributed by atoms with Crippen LogP contribution in [0.25, 0.3) is 0 Å². The van der Waals surface area contributed by atoms with E-state index in [4.69, 9.17) is 0 Å². The van der Waals surface area contributed by atoms with Crippen LogP contribution >= 0.6 is 14.8 Å². The summed E-state index contributed by atoms with van der Waals surface area (Å²) in [5.74, 6) is 0. The van der Waals surface area contributed by atoms with Gasteiger partial charge in [-0.15, -0.1) is 0 Å². The molecule has 0 rings (SSSR count). The van der Waals surface area contributed by atoms with Crippen LogP contribution in [0.1, 0.15) is 20.8 Å². The van der Waals surface area contributed by atoms with Crippen molar-refractivity contribution in [1.29, 1.82) is 0 Å². The largest absolute Gasteiger partial charge is 0.247 e. The quantitative estimate of drug-likeness (QED) is 0.526. The van der Waals surface area contributed by atoms with Crippen LogP contribution in [0.3, 0.4) is 0 Å². The predicted octanol–water partition coefficient (Wildman–Crippen LogP) is 1.84. The Bertz CT molecular complexity index is 84.2. The monoisotopic (exact) mass is 184 g/mol. The lowest BCUT2D eigenvalue weighted by molar-refractivity contribution is 0.661. The number of rotatable bonds is 0. The van der Waals surface area contributed by atoms with E-state index >= 15 is 0 Å². The molecule has 44 valence electrons. The summed E-state index contributed by atoms with van der Waals surface area (Å²) in [6.45, 7) is 5.74. The van der Waals surface area contributed by atoms with Crippen LogP contribution in [0.2, 0.25) is 0 Å². The Morgan fingerprint density at radius 3 is 1.57 bits per heavy atom. The highest BCUT2D eigenvalue weighted by molar-refractivity contribution is 9.46. The second kappa shape index (κ2) is 2.27. The van der Waals surface area contributed by atoms with Gasteiger partial charge in [-0.2, -0.15) is 0 Å². The van der Waals surface area contributed by atoms with Crippen LogP contribution < -0.4 is 0 Å². The van der Waals surface area contributed by atoms with Gasteiger partial charge in [0.15, 0.2) is 0 Å². The van der Waals surface area contributed by atoms with Gasteiger partial charge < -0.3 is 0 Å². The van der Waals surface area contributed by atoms with Crippen LogP contribution in [0.15, 0.2) is 0 Å². The van der Waals surface area contributed by atoms with E-state index in [2.05, 4.69) is 14.8 Å². The van der Waals surface area contributed by atoms with Gasteiger partial charge in [0, 0.05) is 19.6 Å². The molecule has 0 fully saturated rings. The van der Waals surface area contributed by atoms with Gasteiger partial charge in [-0.05, 0) is 20.8 Å². The molecule has 3 heteroatoms. The van der Waals surface area contributed by atoms with Crippen molar-refractivity contribution in [3.8, 4) is 0 Å². The van der Waals surface area contributed by atoms with E-state index in [0.29, 0.717) is 0 Å². The molecule has 0 aliphatic heterocycles. The molecule has 0 aromatic carbocycles. The molecule has 0 spiro atoms. The summed E-state index contributed by atoms with van der Waals surface area (Å²) in [6, 6.07) is 0. The van der Waals surface area contributed by atoms with Crippen molar-refractivity contribution in [3.05, 3.63) is 0 Å². The lowest BCUT2D eigenvalue weighted by Crippen LogP contribution is -2.15. The highest BCUT2D eigenvalue weighted by Crippen LogP contribution is 2.15. The highest BCUT2D eigenvalue weighted by Gasteiger charge is 2.15. The van der Waals surface area contributed by atoms with Crippen LogP contribution in [-0.4, -0.2) is 8.96 Å². The average molecular weight is 185 g/mol. The first-order valence-corrected chi connectivity index (χ1v) is 5.02. The molecule has 0 aliphatic rings. The zero-order valence-electron chi connectivity index (χ0n) is 4.69. The van der Waals surface area contributed by atoms with E-state index < -0.39 is 9.23 Å². The van der Waals surface area contributed by atoms with Gasteiger partial charge in [-0.25, -0.2) is 4.21 Å². The van der Waals surface area contributed by atoms with Gasteiger partial charge in [-0.3, -0.25) is 0 Å². The summed E-state index contributed by atoms with van der Waals surface area (Å²) in [6.07, 6.45) is 0. The maximum absolute atomic E-state index is 10.5. The molecule has 0 heterocycles. The maximum Gasteiger partial charge on any atom is 0.0949 e. The summed E-state index contributed by atoms with van der Waals surface area (Å²) < 4.78 is 10.4. The van der Waals surface area contributed by atoms with Crippen LogP contribution in [-0.2, 0) is 9.23 Å². The van der Waals surface area contributed by atoms with Gasteiger partial charge in [-0.1, -0.05) is 0 Å².